The zero-order chi connectivity index (χ0) is 14.6. The molecule has 2 atom stereocenters. The van der Waals surface area contributed by atoms with Crippen LogP contribution in [0.15, 0.2) is 0 Å². The Morgan fingerprint density at radius 3 is 2.53 bits per heavy atom. The van der Waals surface area contributed by atoms with Gasteiger partial charge in [0.1, 0.15) is 6.04 Å². The summed E-state index contributed by atoms with van der Waals surface area (Å²) in [6.45, 7) is 6.27. The molecule has 0 aromatic rings. The molecule has 1 aliphatic rings. The molecule has 1 saturated heterocycles. The molecule has 0 spiro atoms. The average molecular weight is 271 g/mol. The van der Waals surface area contributed by atoms with Gasteiger partial charge in [0.25, 0.3) is 0 Å². The Morgan fingerprint density at radius 1 is 1.42 bits per heavy atom. The maximum atomic E-state index is 12.3. The van der Waals surface area contributed by atoms with E-state index in [9.17, 15) is 14.7 Å². The van der Waals surface area contributed by atoms with Crippen LogP contribution in [0.4, 0.5) is 0 Å². The standard InChI is InChI=1S/C14H25NO4/c1-5-10-6-7-15(11(8-10)13(17)18)12(16)9-14(2,3)19-4/h10-11H,5-9H2,1-4H3,(H,17,18). The van der Waals surface area contributed by atoms with Crippen molar-refractivity contribution in [3.63, 3.8) is 0 Å². The SMILES string of the molecule is CCC1CCN(C(=O)CC(C)(C)OC)C(C(=O)O)C1. The number of piperidine rings is 1. The van der Waals surface area contributed by atoms with Crippen molar-refractivity contribution in [2.45, 2.75) is 58.1 Å². The van der Waals surface area contributed by atoms with Crippen molar-refractivity contribution in [1.82, 2.24) is 4.90 Å². The van der Waals surface area contributed by atoms with Gasteiger partial charge in [0.2, 0.25) is 5.91 Å². The van der Waals surface area contributed by atoms with E-state index >= 15 is 0 Å². The van der Waals surface area contributed by atoms with Gasteiger partial charge in [0, 0.05) is 13.7 Å². The van der Waals surface area contributed by atoms with Crippen LogP contribution >= 0.6 is 0 Å². The lowest BCUT2D eigenvalue weighted by Crippen LogP contribution is -2.51. The maximum Gasteiger partial charge on any atom is 0.326 e. The number of carboxylic acids is 1. The molecule has 19 heavy (non-hydrogen) atoms. The molecule has 0 aromatic heterocycles. The first-order chi connectivity index (χ1) is 8.80. The summed E-state index contributed by atoms with van der Waals surface area (Å²) in [5, 5.41) is 9.30. The third-order valence-corrected chi connectivity index (χ3v) is 4.02. The van der Waals surface area contributed by atoms with E-state index < -0.39 is 17.6 Å². The van der Waals surface area contributed by atoms with E-state index in [0.717, 1.165) is 12.8 Å². The predicted octanol–water partition coefficient (Wildman–Crippen LogP) is 1.90. The maximum absolute atomic E-state index is 12.3. The van der Waals surface area contributed by atoms with E-state index in [0.29, 0.717) is 18.9 Å². The number of hydrogen-bond acceptors (Lipinski definition) is 3. The number of nitrogens with zero attached hydrogens (tertiary/aromatic N) is 1. The highest BCUT2D eigenvalue weighted by molar-refractivity contribution is 5.84. The molecule has 5 nitrogen and oxygen atoms in total. The number of carbonyl (C=O) groups is 2. The van der Waals surface area contributed by atoms with Crippen molar-refractivity contribution >= 4 is 11.9 Å². The lowest BCUT2D eigenvalue weighted by molar-refractivity contribution is -0.155. The molecule has 2 unspecified atom stereocenters. The molecule has 0 aromatic carbocycles. The van der Waals surface area contributed by atoms with Crippen molar-refractivity contribution in [1.29, 1.82) is 0 Å². The summed E-state index contributed by atoms with van der Waals surface area (Å²) in [5.41, 5.74) is -0.554. The molecule has 1 rings (SSSR count). The number of methoxy groups -OCH3 is 1. The smallest absolute Gasteiger partial charge is 0.326 e. The molecule has 1 fully saturated rings. The van der Waals surface area contributed by atoms with E-state index in [1.807, 2.05) is 13.8 Å². The number of rotatable bonds is 5. The fourth-order valence-electron chi connectivity index (χ4n) is 2.48. The van der Waals surface area contributed by atoms with Gasteiger partial charge in [-0.3, -0.25) is 4.79 Å². The Bertz CT molecular complexity index is 340. The summed E-state index contributed by atoms with van der Waals surface area (Å²) in [7, 11) is 1.56. The van der Waals surface area contributed by atoms with Crippen LogP contribution in [0.5, 0.6) is 0 Å². The second-order valence-electron chi connectivity index (χ2n) is 5.88. The fraction of sp³-hybridized carbons (Fsp3) is 0.857. The van der Waals surface area contributed by atoms with Gasteiger partial charge in [0.05, 0.1) is 12.0 Å². The van der Waals surface area contributed by atoms with Crippen molar-refractivity contribution in [3.05, 3.63) is 0 Å². The lowest BCUT2D eigenvalue weighted by atomic mass is 9.88. The Balaban J connectivity index is 2.74. The Kier molecular flexibility index (Phi) is 5.35. The summed E-state index contributed by atoms with van der Waals surface area (Å²) >= 11 is 0. The Hall–Kier alpha value is -1.10. The van der Waals surface area contributed by atoms with E-state index in [1.165, 1.54) is 4.90 Å². The second-order valence-corrected chi connectivity index (χ2v) is 5.88. The number of carboxylic acid groups (broad SMARTS) is 1. The third kappa shape index (κ3) is 4.20. The molecule has 1 aliphatic heterocycles. The summed E-state index contributed by atoms with van der Waals surface area (Å²) in [6.07, 6.45) is 2.63. The molecule has 0 bridgehead atoms. The third-order valence-electron chi connectivity index (χ3n) is 4.02. The largest absolute Gasteiger partial charge is 0.480 e. The predicted molar refractivity (Wildman–Crippen MR) is 71.9 cm³/mol. The van der Waals surface area contributed by atoms with Crippen molar-refractivity contribution in [2.75, 3.05) is 13.7 Å². The van der Waals surface area contributed by atoms with E-state index in [2.05, 4.69) is 6.92 Å². The minimum Gasteiger partial charge on any atom is -0.480 e. The summed E-state index contributed by atoms with van der Waals surface area (Å²) in [4.78, 5) is 25.1. The van der Waals surface area contributed by atoms with E-state index in [4.69, 9.17) is 4.74 Å². The minimum atomic E-state index is -0.901. The molecule has 0 aliphatic carbocycles. The van der Waals surface area contributed by atoms with Crippen LogP contribution in [0.1, 0.15) is 46.5 Å². The molecule has 5 heteroatoms. The number of ether oxygens (including phenoxy) is 1. The Labute approximate surface area is 114 Å². The molecule has 1 N–H and O–H groups in total. The van der Waals surface area contributed by atoms with Gasteiger partial charge in [-0.05, 0) is 32.6 Å². The van der Waals surface area contributed by atoms with Gasteiger partial charge in [-0.25, -0.2) is 4.79 Å². The topological polar surface area (TPSA) is 66.8 Å². The number of hydrogen-bond donors (Lipinski definition) is 1. The first-order valence-corrected chi connectivity index (χ1v) is 6.88. The second kappa shape index (κ2) is 6.37. The highest BCUT2D eigenvalue weighted by Crippen LogP contribution is 2.27. The lowest BCUT2D eigenvalue weighted by Gasteiger charge is -2.38. The molecular formula is C14H25NO4. The van der Waals surface area contributed by atoms with E-state index in [-0.39, 0.29) is 12.3 Å². The number of amides is 1. The number of carbonyl (C=O) groups excluding carboxylic acids is 1. The summed E-state index contributed by atoms with van der Waals surface area (Å²) in [6, 6.07) is -0.682. The van der Waals surface area contributed by atoms with Crippen LogP contribution in [-0.4, -0.2) is 47.2 Å². The highest BCUT2D eigenvalue weighted by atomic mass is 16.5. The average Bonchev–Trinajstić information content (AvgIpc) is 2.37. The Morgan fingerprint density at radius 2 is 2.05 bits per heavy atom. The first kappa shape index (κ1) is 16.0. The molecule has 0 radical (unpaired) electrons. The summed E-state index contributed by atoms with van der Waals surface area (Å²) < 4.78 is 5.24. The van der Waals surface area contributed by atoms with Gasteiger partial charge >= 0.3 is 5.97 Å². The van der Waals surface area contributed by atoms with Gasteiger partial charge in [-0.1, -0.05) is 13.3 Å². The van der Waals surface area contributed by atoms with Crippen LogP contribution < -0.4 is 0 Å². The highest BCUT2D eigenvalue weighted by Gasteiger charge is 2.37. The molecular weight excluding hydrogens is 246 g/mol. The van der Waals surface area contributed by atoms with Crippen molar-refractivity contribution in [3.8, 4) is 0 Å². The van der Waals surface area contributed by atoms with Gasteiger partial charge < -0.3 is 14.7 Å². The normalized spacial score (nSPS) is 24.3. The van der Waals surface area contributed by atoms with Crippen LogP contribution in [0.3, 0.4) is 0 Å². The minimum absolute atomic E-state index is 0.131. The number of aliphatic carboxylic acids is 1. The van der Waals surface area contributed by atoms with Crippen molar-refractivity contribution in [2.24, 2.45) is 5.92 Å². The molecule has 0 saturated carbocycles. The quantitative estimate of drug-likeness (QED) is 0.829. The van der Waals surface area contributed by atoms with Crippen LogP contribution in [0.2, 0.25) is 0 Å². The van der Waals surface area contributed by atoms with Gasteiger partial charge in [0.15, 0.2) is 0 Å². The fourth-order valence-corrected chi connectivity index (χ4v) is 2.48. The molecule has 1 amide bonds. The van der Waals surface area contributed by atoms with Gasteiger partial charge in [-0.2, -0.15) is 0 Å². The van der Waals surface area contributed by atoms with Crippen LogP contribution in [0.25, 0.3) is 0 Å². The monoisotopic (exact) mass is 271 g/mol. The number of likely N-dealkylation sites (tertiary alicyclic amines) is 1. The zero-order valence-corrected chi connectivity index (χ0v) is 12.3. The van der Waals surface area contributed by atoms with Crippen molar-refractivity contribution < 1.29 is 19.4 Å². The first-order valence-electron chi connectivity index (χ1n) is 6.88. The zero-order valence-electron chi connectivity index (χ0n) is 12.3. The van der Waals surface area contributed by atoms with E-state index in [1.54, 1.807) is 7.11 Å². The van der Waals surface area contributed by atoms with Gasteiger partial charge in [-0.15, -0.1) is 0 Å². The molecule has 110 valence electrons. The van der Waals surface area contributed by atoms with Crippen LogP contribution in [0, 0.1) is 5.92 Å². The summed E-state index contributed by atoms with van der Waals surface area (Å²) in [5.74, 6) is -0.629. The van der Waals surface area contributed by atoms with Crippen LogP contribution in [-0.2, 0) is 14.3 Å². The molecule has 1 heterocycles.